The van der Waals surface area contributed by atoms with Gasteiger partial charge in [0.15, 0.2) is 0 Å². The smallest absolute Gasteiger partial charge is 0.261 e. The van der Waals surface area contributed by atoms with Gasteiger partial charge in [-0.05, 0) is 49.2 Å². The van der Waals surface area contributed by atoms with E-state index in [0.717, 1.165) is 18.4 Å². The van der Waals surface area contributed by atoms with Crippen LogP contribution in [0.5, 0.6) is 0 Å². The maximum Gasteiger partial charge on any atom is 0.261 e. The van der Waals surface area contributed by atoms with Gasteiger partial charge in [-0.2, -0.15) is 0 Å². The van der Waals surface area contributed by atoms with Crippen LogP contribution in [0.3, 0.4) is 0 Å². The maximum atomic E-state index is 13.4. The Labute approximate surface area is 150 Å². The molecule has 134 valence electrons. The molecule has 2 aromatic carbocycles. The minimum absolute atomic E-state index is 0.231. The van der Waals surface area contributed by atoms with Crippen LogP contribution in [0, 0.1) is 12.7 Å². The summed E-state index contributed by atoms with van der Waals surface area (Å²) in [6, 6.07) is 8.54. The van der Waals surface area contributed by atoms with Gasteiger partial charge in [-0.15, -0.1) is 0 Å². The topological polar surface area (TPSA) is 66.5 Å². The molecule has 2 aromatic rings. The highest BCUT2D eigenvalue weighted by molar-refractivity contribution is 6.22. The highest BCUT2D eigenvalue weighted by atomic mass is 19.1. The third-order valence-electron chi connectivity index (χ3n) is 4.42. The number of aryl methyl sites for hydroxylation is 1. The first-order chi connectivity index (χ1) is 12.4. The Hall–Kier alpha value is -3.02. The van der Waals surface area contributed by atoms with Gasteiger partial charge in [-0.1, -0.05) is 19.4 Å². The number of carbonyl (C=O) groups is 3. The second-order valence-electron chi connectivity index (χ2n) is 6.29. The number of carbonyl (C=O) groups excluding carboxylic acids is 3. The molecule has 0 fully saturated rings. The fourth-order valence-corrected chi connectivity index (χ4v) is 2.87. The van der Waals surface area contributed by atoms with Crippen LogP contribution in [-0.2, 0) is 0 Å². The molecule has 0 bridgehead atoms. The van der Waals surface area contributed by atoms with Gasteiger partial charge in [0.1, 0.15) is 5.82 Å². The highest BCUT2D eigenvalue weighted by Gasteiger charge is 2.35. The van der Waals surface area contributed by atoms with E-state index in [1.54, 1.807) is 13.0 Å². The van der Waals surface area contributed by atoms with Crippen molar-refractivity contribution < 1.29 is 18.8 Å². The van der Waals surface area contributed by atoms with Crippen LogP contribution in [0.25, 0.3) is 0 Å². The summed E-state index contributed by atoms with van der Waals surface area (Å²) in [4.78, 5) is 38.5. The molecule has 1 aliphatic rings. The van der Waals surface area contributed by atoms with Gasteiger partial charge in [0.2, 0.25) is 0 Å². The van der Waals surface area contributed by atoms with E-state index in [0.29, 0.717) is 17.8 Å². The van der Waals surface area contributed by atoms with Crippen molar-refractivity contribution >= 4 is 23.4 Å². The molecule has 0 radical (unpaired) electrons. The molecule has 0 unspecified atom stereocenters. The van der Waals surface area contributed by atoms with E-state index < -0.39 is 11.7 Å². The number of benzene rings is 2. The van der Waals surface area contributed by atoms with Gasteiger partial charge in [0.25, 0.3) is 17.7 Å². The van der Waals surface area contributed by atoms with Crippen molar-refractivity contribution in [2.24, 2.45) is 0 Å². The molecule has 0 atom stereocenters. The number of fused-ring (bicyclic) bond motifs is 1. The fraction of sp³-hybridized carbons (Fsp3) is 0.250. The molecule has 0 saturated heterocycles. The summed E-state index contributed by atoms with van der Waals surface area (Å²) in [5.41, 5.74) is 1.87. The van der Waals surface area contributed by atoms with E-state index in [2.05, 4.69) is 5.32 Å². The van der Waals surface area contributed by atoms with Crippen LogP contribution in [0.2, 0.25) is 0 Å². The molecular formula is C20H19FN2O3. The Morgan fingerprint density at radius 1 is 1.08 bits per heavy atom. The van der Waals surface area contributed by atoms with Crippen molar-refractivity contribution in [1.82, 2.24) is 4.90 Å². The standard InChI is InChI=1S/C20H19FN2O3/c1-3-4-9-23-19(25)15-8-6-13(10-16(15)20(23)26)18(24)22-17-11-14(21)7-5-12(17)2/h5-8,10-11H,3-4,9H2,1-2H3,(H,22,24). The molecule has 0 saturated carbocycles. The van der Waals surface area contributed by atoms with Crippen molar-refractivity contribution in [3.05, 3.63) is 64.5 Å². The predicted octanol–water partition coefficient (Wildman–Crippen LogP) is 3.78. The number of imide groups is 1. The molecule has 6 heteroatoms. The zero-order chi connectivity index (χ0) is 18.8. The third-order valence-corrected chi connectivity index (χ3v) is 4.42. The molecule has 0 spiro atoms. The Kier molecular flexibility index (Phi) is 4.84. The summed E-state index contributed by atoms with van der Waals surface area (Å²) in [7, 11) is 0. The summed E-state index contributed by atoms with van der Waals surface area (Å²) in [5, 5.41) is 2.64. The van der Waals surface area contributed by atoms with Crippen molar-refractivity contribution in [2.45, 2.75) is 26.7 Å². The maximum absolute atomic E-state index is 13.4. The predicted molar refractivity (Wildman–Crippen MR) is 95.8 cm³/mol. The molecule has 1 N–H and O–H groups in total. The monoisotopic (exact) mass is 354 g/mol. The normalized spacial score (nSPS) is 13.1. The van der Waals surface area contributed by atoms with Crippen molar-refractivity contribution in [3.63, 3.8) is 0 Å². The average Bonchev–Trinajstić information content (AvgIpc) is 2.86. The number of hydrogen-bond donors (Lipinski definition) is 1. The summed E-state index contributed by atoms with van der Waals surface area (Å²) in [6.45, 7) is 4.10. The second kappa shape index (κ2) is 7.07. The van der Waals surface area contributed by atoms with Crippen molar-refractivity contribution in [3.8, 4) is 0 Å². The SMILES string of the molecule is CCCCN1C(=O)c2ccc(C(=O)Nc3cc(F)ccc3C)cc2C1=O. The van der Waals surface area contributed by atoms with Crippen LogP contribution in [0.1, 0.15) is 56.4 Å². The molecule has 1 heterocycles. The first-order valence-electron chi connectivity index (χ1n) is 8.50. The van der Waals surface area contributed by atoms with Gasteiger partial charge in [-0.25, -0.2) is 4.39 Å². The van der Waals surface area contributed by atoms with E-state index in [9.17, 15) is 18.8 Å². The molecule has 1 aliphatic heterocycles. The Bertz CT molecular complexity index is 908. The third kappa shape index (κ3) is 3.22. The summed E-state index contributed by atoms with van der Waals surface area (Å²) < 4.78 is 13.4. The lowest BCUT2D eigenvalue weighted by Gasteiger charge is -2.12. The number of nitrogens with one attached hydrogen (secondary N) is 1. The van der Waals surface area contributed by atoms with Crippen LogP contribution < -0.4 is 5.32 Å². The zero-order valence-electron chi connectivity index (χ0n) is 14.6. The molecule has 0 aromatic heterocycles. The van der Waals surface area contributed by atoms with Crippen LogP contribution in [0.15, 0.2) is 36.4 Å². The number of amides is 3. The van der Waals surface area contributed by atoms with Gasteiger partial charge in [0.05, 0.1) is 11.1 Å². The lowest BCUT2D eigenvalue weighted by Crippen LogP contribution is -2.30. The summed E-state index contributed by atoms with van der Waals surface area (Å²) in [5.74, 6) is -1.62. The average molecular weight is 354 g/mol. The Morgan fingerprint density at radius 3 is 2.54 bits per heavy atom. The number of anilines is 1. The molecule has 3 amide bonds. The number of halogens is 1. The Balaban J connectivity index is 1.85. The highest BCUT2D eigenvalue weighted by Crippen LogP contribution is 2.25. The van der Waals surface area contributed by atoms with Crippen molar-refractivity contribution in [2.75, 3.05) is 11.9 Å². The first-order valence-corrected chi connectivity index (χ1v) is 8.50. The number of nitrogens with zero attached hydrogens (tertiary/aromatic N) is 1. The lowest BCUT2D eigenvalue weighted by atomic mass is 10.0. The lowest BCUT2D eigenvalue weighted by molar-refractivity contribution is 0.0652. The minimum atomic E-state index is -0.464. The quantitative estimate of drug-likeness (QED) is 0.831. The van der Waals surface area contributed by atoms with Gasteiger partial charge in [-0.3, -0.25) is 19.3 Å². The number of rotatable bonds is 5. The van der Waals surface area contributed by atoms with E-state index >= 15 is 0 Å². The van der Waals surface area contributed by atoms with Gasteiger partial charge >= 0.3 is 0 Å². The molecule has 3 rings (SSSR count). The fourth-order valence-electron chi connectivity index (χ4n) is 2.87. The van der Waals surface area contributed by atoms with Crippen LogP contribution in [0.4, 0.5) is 10.1 Å². The number of unbranched alkanes of at least 4 members (excludes halogenated alkanes) is 1. The van der Waals surface area contributed by atoms with E-state index in [-0.39, 0.29) is 22.9 Å². The largest absolute Gasteiger partial charge is 0.322 e. The summed E-state index contributed by atoms with van der Waals surface area (Å²) >= 11 is 0. The number of hydrogen-bond acceptors (Lipinski definition) is 3. The first kappa shape index (κ1) is 17.8. The van der Waals surface area contributed by atoms with E-state index in [4.69, 9.17) is 0 Å². The van der Waals surface area contributed by atoms with Gasteiger partial charge < -0.3 is 5.32 Å². The second-order valence-corrected chi connectivity index (χ2v) is 6.29. The van der Waals surface area contributed by atoms with Crippen LogP contribution in [-0.4, -0.2) is 29.2 Å². The molecule has 26 heavy (non-hydrogen) atoms. The molecule has 5 nitrogen and oxygen atoms in total. The van der Waals surface area contributed by atoms with E-state index in [1.807, 2.05) is 6.92 Å². The summed E-state index contributed by atoms with van der Waals surface area (Å²) in [6.07, 6.45) is 1.60. The van der Waals surface area contributed by atoms with E-state index in [1.165, 1.54) is 35.2 Å². The Morgan fingerprint density at radius 2 is 1.81 bits per heavy atom. The van der Waals surface area contributed by atoms with Gasteiger partial charge in [0, 0.05) is 17.8 Å². The molecule has 0 aliphatic carbocycles. The van der Waals surface area contributed by atoms with Crippen LogP contribution >= 0.6 is 0 Å². The molecular weight excluding hydrogens is 335 g/mol. The van der Waals surface area contributed by atoms with Crippen molar-refractivity contribution in [1.29, 1.82) is 0 Å². The zero-order valence-corrected chi connectivity index (χ0v) is 14.6. The minimum Gasteiger partial charge on any atom is -0.322 e.